The smallest absolute Gasteiger partial charge is 0.100 e. The summed E-state index contributed by atoms with van der Waals surface area (Å²) in [4.78, 5) is 4.77. The van der Waals surface area contributed by atoms with E-state index >= 15 is 0 Å². The third kappa shape index (κ3) is 1.75. The Morgan fingerprint density at radius 1 is 0.750 bits per heavy atom. The van der Waals surface area contributed by atoms with Crippen LogP contribution in [0.1, 0.15) is 22.7 Å². The lowest BCUT2D eigenvalue weighted by atomic mass is 9.89. The van der Waals surface area contributed by atoms with Crippen LogP contribution in [0.3, 0.4) is 0 Å². The normalized spacial score (nSPS) is 17.1. The number of benzene rings is 3. The van der Waals surface area contributed by atoms with Crippen LogP contribution in [0, 0.1) is 0 Å². The van der Waals surface area contributed by atoms with E-state index < -0.39 is 0 Å². The van der Waals surface area contributed by atoms with Gasteiger partial charge in [-0.25, -0.2) is 0 Å². The topological polar surface area (TPSA) is 12.4 Å². The van der Waals surface area contributed by atoms with Gasteiger partial charge in [0.1, 0.15) is 6.04 Å². The van der Waals surface area contributed by atoms with E-state index in [1.807, 2.05) is 0 Å². The summed E-state index contributed by atoms with van der Waals surface area (Å²) >= 11 is 0. The average molecular weight is 257 g/mol. The molecule has 1 unspecified atom stereocenters. The van der Waals surface area contributed by atoms with Crippen molar-refractivity contribution in [3.05, 3.63) is 83.4 Å². The second kappa shape index (κ2) is 4.61. The largest absolute Gasteiger partial charge is 0.284 e. The molecule has 1 heterocycles. The van der Waals surface area contributed by atoms with Gasteiger partial charge in [-0.1, -0.05) is 66.7 Å². The molecule has 0 fully saturated rings. The first-order chi connectivity index (χ1) is 9.93. The van der Waals surface area contributed by atoms with Gasteiger partial charge in [-0.2, -0.15) is 0 Å². The Hall–Kier alpha value is -2.41. The highest BCUT2D eigenvalue weighted by Crippen LogP contribution is 2.35. The molecule has 3 aromatic carbocycles. The van der Waals surface area contributed by atoms with Gasteiger partial charge in [0.2, 0.25) is 0 Å². The average Bonchev–Trinajstić information content (AvgIpc) is 2.54. The maximum absolute atomic E-state index is 4.77. The Morgan fingerprint density at radius 2 is 1.50 bits per heavy atom. The molecule has 0 saturated heterocycles. The van der Waals surface area contributed by atoms with Crippen LogP contribution in [0.4, 0.5) is 0 Å². The van der Waals surface area contributed by atoms with Crippen LogP contribution in [-0.4, -0.2) is 6.21 Å². The number of fused-ring (bicyclic) bond motifs is 2. The predicted molar refractivity (Wildman–Crippen MR) is 84.4 cm³/mol. The summed E-state index contributed by atoms with van der Waals surface area (Å²) in [5, 5.41) is 2.58. The van der Waals surface area contributed by atoms with Crippen LogP contribution in [0.25, 0.3) is 10.8 Å². The fourth-order valence-corrected chi connectivity index (χ4v) is 3.06. The lowest BCUT2D eigenvalue weighted by Crippen LogP contribution is -2.09. The van der Waals surface area contributed by atoms with Crippen molar-refractivity contribution < 1.29 is 0 Å². The molecule has 1 heteroatoms. The summed E-state index contributed by atoms with van der Waals surface area (Å²) in [6, 6.07) is 23.8. The summed E-state index contributed by atoms with van der Waals surface area (Å²) in [6.45, 7) is 0. The highest BCUT2D eigenvalue weighted by molar-refractivity contribution is 5.87. The fourth-order valence-electron chi connectivity index (χ4n) is 3.06. The molecular formula is C19H15N. The summed E-state index contributed by atoms with van der Waals surface area (Å²) in [5.74, 6) is 0. The molecule has 0 spiro atoms. The van der Waals surface area contributed by atoms with E-state index in [1.54, 1.807) is 0 Å². The molecule has 4 rings (SSSR count). The molecular weight excluding hydrogens is 242 g/mol. The van der Waals surface area contributed by atoms with Crippen molar-refractivity contribution in [3.63, 3.8) is 0 Å². The van der Waals surface area contributed by atoms with E-state index in [2.05, 4.69) is 72.9 Å². The third-order valence-electron chi connectivity index (χ3n) is 4.03. The van der Waals surface area contributed by atoms with Gasteiger partial charge in [0.15, 0.2) is 0 Å². The molecule has 1 aliphatic heterocycles. The summed E-state index contributed by atoms with van der Waals surface area (Å²) in [7, 11) is 0. The molecule has 0 radical (unpaired) electrons. The van der Waals surface area contributed by atoms with Gasteiger partial charge in [-0.3, -0.25) is 4.99 Å². The molecule has 1 nitrogen and oxygen atoms in total. The third-order valence-corrected chi connectivity index (χ3v) is 4.03. The molecule has 0 aromatic heterocycles. The first-order valence-electron chi connectivity index (χ1n) is 7.00. The van der Waals surface area contributed by atoms with Crippen molar-refractivity contribution in [2.24, 2.45) is 4.99 Å². The second-order valence-electron chi connectivity index (χ2n) is 5.21. The van der Waals surface area contributed by atoms with Gasteiger partial charge in [0.25, 0.3) is 0 Å². The van der Waals surface area contributed by atoms with E-state index in [1.165, 1.54) is 27.5 Å². The van der Waals surface area contributed by atoms with E-state index in [0.717, 1.165) is 6.42 Å². The van der Waals surface area contributed by atoms with Gasteiger partial charge in [-0.05, 0) is 27.5 Å². The zero-order chi connectivity index (χ0) is 13.4. The molecule has 0 bridgehead atoms. The molecule has 96 valence electrons. The minimum absolute atomic E-state index is 0.131. The van der Waals surface area contributed by atoms with Gasteiger partial charge >= 0.3 is 0 Å². The van der Waals surface area contributed by atoms with Crippen molar-refractivity contribution in [2.45, 2.75) is 12.5 Å². The Bertz CT molecular complexity index is 796. The molecule has 0 amide bonds. The van der Waals surface area contributed by atoms with Crippen LogP contribution >= 0.6 is 0 Å². The number of hydrogen-bond donors (Lipinski definition) is 0. The zero-order valence-corrected chi connectivity index (χ0v) is 11.2. The lowest BCUT2D eigenvalue weighted by Gasteiger charge is -2.22. The van der Waals surface area contributed by atoms with Crippen molar-refractivity contribution >= 4 is 17.0 Å². The standard InChI is InChI=1S/C19H15N/c1-3-9-16-14(6-1)8-5-11-18(16)19-17-10-4-2-7-15(17)12-13-20-19/h1-11,13,19H,12H2. The second-order valence-corrected chi connectivity index (χ2v) is 5.21. The first kappa shape index (κ1) is 11.4. The molecule has 0 saturated carbocycles. The Labute approximate surface area is 118 Å². The van der Waals surface area contributed by atoms with Crippen molar-refractivity contribution in [2.75, 3.05) is 0 Å². The SMILES string of the molecule is C1=NC(c2cccc3ccccc23)c2ccccc2C1. The van der Waals surface area contributed by atoms with Crippen molar-refractivity contribution in [1.29, 1.82) is 0 Å². The minimum Gasteiger partial charge on any atom is -0.284 e. The number of aliphatic imine (C=N–C) groups is 1. The number of hydrogen-bond acceptors (Lipinski definition) is 1. The highest BCUT2D eigenvalue weighted by Gasteiger charge is 2.20. The number of rotatable bonds is 1. The molecule has 1 aliphatic rings. The van der Waals surface area contributed by atoms with Crippen molar-refractivity contribution in [1.82, 2.24) is 0 Å². The van der Waals surface area contributed by atoms with Gasteiger partial charge < -0.3 is 0 Å². The van der Waals surface area contributed by atoms with Crippen LogP contribution in [0.5, 0.6) is 0 Å². The van der Waals surface area contributed by atoms with Crippen molar-refractivity contribution in [3.8, 4) is 0 Å². The van der Waals surface area contributed by atoms with E-state index in [4.69, 9.17) is 4.99 Å². The number of nitrogens with zero attached hydrogens (tertiary/aromatic N) is 1. The van der Waals surface area contributed by atoms with E-state index in [-0.39, 0.29) is 6.04 Å². The Balaban J connectivity index is 1.96. The predicted octanol–water partition coefficient (Wildman–Crippen LogP) is 4.56. The maximum Gasteiger partial charge on any atom is 0.100 e. The molecule has 0 aliphatic carbocycles. The van der Waals surface area contributed by atoms with Crippen LogP contribution in [0.15, 0.2) is 71.7 Å². The maximum atomic E-state index is 4.77. The molecule has 20 heavy (non-hydrogen) atoms. The monoisotopic (exact) mass is 257 g/mol. The molecule has 0 N–H and O–H groups in total. The fraction of sp³-hybridized carbons (Fsp3) is 0.105. The minimum atomic E-state index is 0.131. The molecule has 1 atom stereocenters. The quantitative estimate of drug-likeness (QED) is 0.606. The van der Waals surface area contributed by atoms with Gasteiger partial charge in [0, 0.05) is 12.6 Å². The van der Waals surface area contributed by atoms with Gasteiger partial charge in [-0.15, -0.1) is 0 Å². The van der Waals surface area contributed by atoms with E-state index in [9.17, 15) is 0 Å². The zero-order valence-electron chi connectivity index (χ0n) is 11.2. The lowest BCUT2D eigenvalue weighted by molar-refractivity contribution is 0.850. The van der Waals surface area contributed by atoms with E-state index in [0.29, 0.717) is 0 Å². The highest BCUT2D eigenvalue weighted by atomic mass is 14.8. The summed E-state index contributed by atoms with van der Waals surface area (Å²) in [6.07, 6.45) is 2.99. The summed E-state index contributed by atoms with van der Waals surface area (Å²) in [5.41, 5.74) is 4.03. The molecule has 3 aromatic rings. The van der Waals surface area contributed by atoms with Gasteiger partial charge in [0.05, 0.1) is 0 Å². The Kier molecular flexibility index (Phi) is 2.63. The Morgan fingerprint density at radius 3 is 2.50 bits per heavy atom. The van der Waals surface area contributed by atoms with Crippen LogP contribution < -0.4 is 0 Å². The van der Waals surface area contributed by atoms with Crippen LogP contribution in [0.2, 0.25) is 0 Å². The first-order valence-corrected chi connectivity index (χ1v) is 7.00. The summed E-state index contributed by atoms with van der Waals surface area (Å²) < 4.78 is 0. The van der Waals surface area contributed by atoms with Crippen LogP contribution in [-0.2, 0) is 6.42 Å².